The molecule has 0 saturated heterocycles. The van der Waals surface area contributed by atoms with Crippen LogP contribution in [0.15, 0.2) is 90.5 Å². The molecule has 0 aliphatic heterocycles. The number of allylic oxidation sites excluding steroid dienone is 1. The molecule has 0 saturated carbocycles. The van der Waals surface area contributed by atoms with E-state index in [2.05, 4.69) is 22.2 Å². The Balaban J connectivity index is 1.71. The van der Waals surface area contributed by atoms with Gasteiger partial charge in [-0.05, 0) is 107 Å². The van der Waals surface area contributed by atoms with E-state index in [1.54, 1.807) is 63.4 Å². The molecule has 1 aromatic heterocycles. The average Bonchev–Trinajstić information content (AvgIpc) is 2.99. The van der Waals surface area contributed by atoms with Gasteiger partial charge in [0.25, 0.3) is 0 Å². The summed E-state index contributed by atoms with van der Waals surface area (Å²) in [6, 6.07) is 20.5. The van der Waals surface area contributed by atoms with Crippen molar-refractivity contribution in [2.45, 2.75) is 77.2 Å². The van der Waals surface area contributed by atoms with Crippen molar-refractivity contribution in [3.8, 4) is 0 Å². The number of benzene rings is 3. The maximum Gasteiger partial charge on any atom is 0.440 e. The Hall–Kier alpha value is -4.74. The summed E-state index contributed by atoms with van der Waals surface area (Å²) in [7, 11) is -3.50. The molecule has 4 rings (SSSR count). The molecule has 3 aromatic carbocycles. The number of aromatic nitrogens is 1. The van der Waals surface area contributed by atoms with Crippen LogP contribution in [0.3, 0.4) is 0 Å². The van der Waals surface area contributed by atoms with Crippen LogP contribution in [0.1, 0.15) is 71.2 Å². The Morgan fingerprint density at radius 1 is 0.938 bits per heavy atom. The largest absolute Gasteiger partial charge is 0.442 e. The van der Waals surface area contributed by atoms with Crippen LogP contribution < -0.4 is 15.7 Å². The molecule has 0 bridgehead atoms. The maximum absolute atomic E-state index is 13.9. The molecule has 2 amide bonds. The van der Waals surface area contributed by atoms with Crippen LogP contribution in [0, 0.1) is 0 Å². The molecule has 0 aliphatic carbocycles. The van der Waals surface area contributed by atoms with Crippen molar-refractivity contribution in [2.75, 3.05) is 16.6 Å². The number of rotatable bonds is 10. The molecule has 48 heavy (non-hydrogen) atoms. The Morgan fingerprint density at radius 3 is 2.29 bits per heavy atom. The van der Waals surface area contributed by atoms with Gasteiger partial charge in [0.2, 0.25) is 5.91 Å². The van der Waals surface area contributed by atoms with Gasteiger partial charge in [-0.25, -0.2) is 18.2 Å². The van der Waals surface area contributed by atoms with Crippen LogP contribution in [0.2, 0.25) is 0 Å². The first kappa shape index (κ1) is 36.1. The number of nitrogens with zero attached hydrogens (tertiary/aromatic N) is 2. The lowest BCUT2D eigenvalue weighted by Crippen LogP contribution is -2.42. The van der Waals surface area contributed by atoms with Crippen molar-refractivity contribution in [3.05, 3.63) is 102 Å². The number of sulfone groups is 1. The number of hydrogen-bond acceptors (Lipinski definition) is 8. The first-order chi connectivity index (χ1) is 22.3. The van der Waals surface area contributed by atoms with Crippen molar-refractivity contribution >= 4 is 49.7 Å². The number of hydrogen-bond donors (Lipinski definition) is 2. The lowest BCUT2D eigenvalue weighted by molar-refractivity contribution is -0.122. The standard InChI is InChI=1S/C37H44N4O6S/c1-24(2)25-14-12-15-27(21-25)32(34(42)39-23-28-13-10-11-16-31(28)48(9,44)45)40-29-17-18-30-26(22-29)19-20-38-33(30)41(47-37(6,7)8)35(43)46-36(3,4)5/h10-22,32,40H,1,23H2,2-9H3,(H,39,42). The van der Waals surface area contributed by atoms with Gasteiger partial charge >= 0.3 is 6.09 Å². The van der Waals surface area contributed by atoms with Crippen LogP contribution in [0.5, 0.6) is 0 Å². The molecule has 0 radical (unpaired) electrons. The van der Waals surface area contributed by atoms with Gasteiger partial charge in [0, 0.05) is 30.1 Å². The summed E-state index contributed by atoms with van der Waals surface area (Å²) in [5.41, 5.74) is 2.03. The second-order valence-electron chi connectivity index (χ2n) is 13.6. The van der Waals surface area contributed by atoms with Gasteiger partial charge in [0.15, 0.2) is 15.7 Å². The van der Waals surface area contributed by atoms with Gasteiger partial charge in [0.1, 0.15) is 11.6 Å². The molecule has 1 unspecified atom stereocenters. The number of pyridine rings is 1. The van der Waals surface area contributed by atoms with Crippen molar-refractivity contribution < 1.29 is 27.6 Å². The minimum atomic E-state index is -3.50. The van der Waals surface area contributed by atoms with E-state index in [1.807, 2.05) is 58.0 Å². The van der Waals surface area contributed by atoms with E-state index in [0.29, 0.717) is 22.2 Å². The molecule has 0 aliphatic rings. The third-order valence-corrected chi connectivity index (χ3v) is 8.17. The predicted molar refractivity (Wildman–Crippen MR) is 190 cm³/mol. The highest BCUT2D eigenvalue weighted by Crippen LogP contribution is 2.32. The molecule has 0 spiro atoms. The monoisotopic (exact) mass is 672 g/mol. The van der Waals surface area contributed by atoms with E-state index in [1.165, 1.54) is 6.07 Å². The first-order valence-electron chi connectivity index (χ1n) is 15.5. The SMILES string of the molecule is C=C(C)c1cccc(C(Nc2ccc3c(N(OC(C)(C)C)C(=O)OC(C)(C)C)nccc3c2)C(=O)NCc2ccccc2S(C)(=O)=O)c1. The highest BCUT2D eigenvalue weighted by molar-refractivity contribution is 7.90. The van der Waals surface area contributed by atoms with E-state index in [4.69, 9.17) is 9.57 Å². The predicted octanol–water partition coefficient (Wildman–Crippen LogP) is 7.61. The fraction of sp³-hybridized carbons (Fsp3) is 0.324. The molecular weight excluding hydrogens is 628 g/mol. The fourth-order valence-electron chi connectivity index (χ4n) is 4.90. The maximum atomic E-state index is 13.9. The number of amides is 2. The highest BCUT2D eigenvalue weighted by atomic mass is 32.2. The number of hydroxylamine groups is 1. The van der Waals surface area contributed by atoms with Gasteiger partial charge < -0.3 is 15.4 Å². The summed E-state index contributed by atoms with van der Waals surface area (Å²) >= 11 is 0. The van der Waals surface area contributed by atoms with Crippen molar-refractivity contribution in [3.63, 3.8) is 0 Å². The first-order valence-corrected chi connectivity index (χ1v) is 17.4. The number of carbonyl (C=O) groups is 2. The number of anilines is 2. The number of carbonyl (C=O) groups excluding carboxylic acids is 2. The third-order valence-electron chi connectivity index (χ3n) is 6.97. The summed E-state index contributed by atoms with van der Waals surface area (Å²) < 4.78 is 30.4. The van der Waals surface area contributed by atoms with Crippen molar-refractivity contribution in [2.24, 2.45) is 0 Å². The third kappa shape index (κ3) is 9.42. The smallest absolute Gasteiger partial charge is 0.440 e. The van der Waals surface area contributed by atoms with Gasteiger partial charge in [-0.1, -0.05) is 48.6 Å². The lowest BCUT2D eigenvalue weighted by Gasteiger charge is -2.31. The molecule has 254 valence electrons. The van der Waals surface area contributed by atoms with E-state index >= 15 is 0 Å². The Morgan fingerprint density at radius 2 is 1.65 bits per heavy atom. The summed E-state index contributed by atoms with van der Waals surface area (Å²) in [6.07, 6.45) is 2.01. The van der Waals surface area contributed by atoms with E-state index < -0.39 is 33.2 Å². The summed E-state index contributed by atoms with van der Waals surface area (Å²) in [6.45, 7) is 16.8. The number of nitrogens with one attached hydrogen (secondary N) is 2. The number of ether oxygens (including phenoxy) is 1. The lowest BCUT2D eigenvalue weighted by atomic mass is 9.99. The van der Waals surface area contributed by atoms with Crippen molar-refractivity contribution in [1.82, 2.24) is 10.3 Å². The normalized spacial score (nSPS) is 12.7. The topological polar surface area (TPSA) is 127 Å². The molecule has 2 N–H and O–H groups in total. The van der Waals surface area contributed by atoms with Gasteiger partial charge in [-0.15, -0.1) is 5.06 Å². The second-order valence-corrected chi connectivity index (χ2v) is 15.6. The van der Waals surface area contributed by atoms with E-state index in [-0.39, 0.29) is 23.2 Å². The average molecular weight is 673 g/mol. The molecule has 1 heterocycles. The Labute approximate surface area is 283 Å². The molecule has 11 heteroatoms. The Bertz CT molecular complexity index is 1940. The zero-order valence-corrected chi connectivity index (χ0v) is 29.6. The van der Waals surface area contributed by atoms with Crippen LogP contribution in [-0.4, -0.2) is 42.9 Å². The zero-order valence-electron chi connectivity index (χ0n) is 28.7. The van der Waals surface area contributed by atoms with Crippen LogP contribution in [0.25, 0.3) is 16.3 Å². The summed E-state index contributed by atoms with van der Waals surface area (Å²) in [4.78, 5) is 37.8. The van der Waals surface area contributed by atoms with E-state index in [9.17, 15) is 18.0 Å². The van der Waals surface area contributed by atoms with Crippen LogP contribution in [-0.2, 0) is 30.8 Å². The molecule has 10 nitrogen and oxygen atoms in total. The van der Waals surface area contributed by atoms with Gasteiger partial charge in [-0.2, -0.15) is 0 Å². The molecule has 0 fully saturated rings. The number of fused-ring (bicyclic) bond motifs is 1. The zero-order chi connectivity index (χ0) is 35.4. The van der Waals surface area contributed by atoms with Crippen LogP contribution >= 0.6 is 0 Å². The van der Waals surface area contributed by atoms with E-state index in [0.717, 1.165) is 27.8 Å². The van der Waals surface area contributed by atoms with Gasteiger partial charge in [-0.3, -0.25) is 9.63 Å². The summed E-state index contributed by atoms with van der Waals surface area (Å²) in [5, 5.41) is 8.71. The minimum absolute atomic E-state index is 0.0153. The molecule has 4 aromatic rings. The quantitative estimate of drug-likeness (QED) is 0.165. The van der Waals surface area contributed by atoms with Crippen molar-refractivity contribution in [1.29, 1.82) is 0 Å². The van der Waals surface area contributed by atoms with Crippen LogP contribution in [0.4, 0.5) is 16.3 Å². The second kappa shape index (κ2) is 14.2. The fourth-order valence-corrected chi connectivity index (χ4v) is 5.85. The Kier molecular flexibility index (Phi) is 10.7. The minimum Gasteiger partial charge on any atom is -0.442 e. The summed E-state index contributed by atoms with van der Waals surface area (Å²) in [5.74, 6) is -0.0985. The molecular formula is C37H44N4O6S. The molecule has 1 atom stereocenters. The van der Waals surface area contributed by atoms with Gasteiger partial charge in [0.05, 0.1) is 10.5 Å². The highest BCUT2D eigenvalue weighted by Gasteiger charge is 2.31.